The molecule has 18 heavy (non-hydrogen) atoms. The van der Waals surface area contributed by atoms with Gasteiger partial charge in [0.1, 0.15) is 11.8 Å². The topological polar surface area (TPSA) is 66.8 Å². The Kier molecular flexibility index (Phi) is 3.86. The van der Waals surface area contributed by atoms with E-state index >= 15 is 0 Å². The molecule has 0 bridgehead atoms. The maximum atomic E-state index is 11.9. The second kappa shape index (κ2) is 5.39. The molecule has 1 atom stereocenters. The third-order valence-corrected chi connectivity index (χ3v) is 3.46. The van der Waals surface area contributed by atoms with Gasteiger partial charge in [-0.1, -0.05) is 12.1 Å². The lowest BCUT2D eigenvalue weighted by atomic mass is 10.2. The molecular weight excluding hydrogens is 302 g/mol. The van der Waals surface area contributed by atoms with Crippen molar-refractivity contribution in [2.75, 3.05) is 6.54 Å². The standard InChI is InChI=1S/C12H12BrNO4/c13-8-4-1-2-6-10(8)18-12(17)14-7-3-5-9(14)11(15)16/h1-2,4,6,9H,3,5,7H2,(H,15,16). The zero-order valence-electron chi connectivity index (χ0n) is 9.51. The number of carboxylic acid groups (broad SMARTS) is 1. The molecule has 1 fully saturated rings. The van der Waals surface area contributed by atoms with Crippen LogP contribution in [-0.2, 0) is 4.79 Å². The van der Waals surface area contributed by atoms with Crippen LogP contribution in [0.15, 0.2) is 28.7 Å². The smallest absolute Gasteiger partial charge is 0.416 e. The lowest BCUT2D eigenvalue weighted by Crippen LogP contribution is -2.42. The Bertz CT molecular complexity index is 477. The summed E-state index contributed by atoms with van der Waals surface area (Å²) in [5, 5.41) is 8.99. The molecule has 0 saturated carbocycles. The van der Waals surface area contributed by atoms with E-state index in [9.17, 15) is 9.59 Å². The highest BCUT2D eigenvalue weighted by Crippen LogP contribution is 2.26. The Morgan fingerprint density at radius 3 is 2.78 bits per heavy atom. The summed E-state index contributed by atoms with van der Waals surface area (Å²) in [7, 11) is 0. The fourth-order valence-electron chi connectivity index (χ4n) is 1.92. The number of halogens is 1. The largest absolute Gasteiger partial charge is 0.480 e. The van der Waals surface area contributed by atoms with Crippen LogP contribution in [0.2, 0.25) is 0 Å². The summed E-state index contributed by atoms with van der Waals surface area (Å²) >= 11 is 3.27. The number of hydrogen-bond acceptors (Lipinski definition) is 3. The van der Waals surface area contributed by atoms with Gasteiger partial charge in [0.25, 0.3) is 0 Å². The average molecular weight is 314 g/mol. The Hall–Kier alpha value is -1.56. The molecule has 1 aromatic carbocycles. The maximum absolute atomic E-state index is 11.9. The van der Waals surface area contributed by atoms with Gasteiger partial charge in [0.05, 0.1) is 4.47 Å². The minimum Gasteiger partial charge on any atom is -0.480 e. The van der Waals surface area contributed by atoms with Crippen LogP contribution in [0.4, 0.5) is 4.79 Å². The number of rotatable bonds is 2. The molecule has 0 aromatic heterocycles. The molecule has 0 radical (unpaired) electrons. The average Bonchev–Trinajstić information content (AvgIpc) is 2.81. The second-order valence-corrected chi connectivity index (χ2v) is 4.84. The van der Waals surface area contributed by atoms with Crippen molar-refractivity contribution in [3.05, 3.63) is 28.7 Å². The third kappa shape index (κ3) is 2.64. The monoisotopic (exact) mass is 313 g/mol. The van der Waals surface area contributed by atoms with Crippen LogP contribution in [-0.4, -0.2) is 34.7 Å². The molecule has 1 aliphatic rings. The van der Waals surface area contributed by atoms with E-state index in [1.807, 2.05) is 0 Å². The third-order valence-electron chi connectivity index (χ3n) is 2.81. The predicted octanol–water partition coefficient (Wildman–Crippen LogP) is 2.50. The van der Waals surface area contributed by atoms with Gasteiger partial charge >= 0.3 is 12.1 Å². The Morgan fingerprint density at radius 2 is 2.11 bits per heavy atom. The van der Waals surface area contributed by atoms with Crippen LogP contribution >= 0.6 is 15.9 Å². The summed E-state index contributed by atoms with van der Waals surface area (Å²) in [4.78, 5) is 24.1. The first-order valence-electron chi connectivity index (χ1n) is 5.55. The van der Waals surface area contributed by atoms with Crippen molar-refractivity contribution in [2.45, 2.75) is 18.9 Å². The first-order chi connectivity index (χ1) is 8.59. The molecule has 6 heteroatoms. The quantitative estimate of drug-likeness (QED) is 0.911. The van der Waals surface area contributed by atoms with Gasteiger partial charge < -0.3 is 9.84 Å². The lowest BCUT2D eigenvalue weighted by Gasteiger charge is -2.20. The first-order valence-corrected chi connectivity index (χ1v) is 6.34. The van der Waals surface area contributed by atoms with E-state index in [4.69, 9.17) is 9.84 Å². The predicted molar refractivity (Wildman–Crippen MR) is 67.5 cm³/mol. The van der Waals surface area contributed by atoms with Crippen molar-refractivity contribution in [3.8, 4) is 5.75 Å². The molecule has 1 heterocycles. The van der Waals surface area contributed by atoms with E-state index in [0.717, 1.165) is 0 Å². The van der Waals surface area contributed by atoms with E-state index in [-0.39, 0.29) is 0 Å². The minimum atomic E-state index is -0.989. The molecule has 1 unspecified atom stereocenters. The van der Waals surface area contributed by atoms with Crippen LogP contribution < -0.4 is 4.74 Å². The summed E-state index contributed by atoms with van der Waals surface area (Å²) in [6, 6.07) is 6.17. The van der Waals surface area contributed by atoms with E-state index in [1.165, 1.54) is 4.90 Å². The van der Waals surface area contributed by atoms with Crippen LogP contribution in [0.1, 0.15) is 12.8 Å². The molecule has 1 N–H and O–H groups in total. The Labute approximate surface area is 112 Å². The zero-order valence-corrected chi connectivity index (χ0v) is 11.1. The van der Waals surface area contributed by atoms with Gasteiger partial charge in [0.15, 0.2) is 0 Å². The molecule has 0 aliphatic carbocycles. The number of para-hydroxylation sites is 1. The van der Waals surface area contributed by atoms with E-state index in [0.29, 0.717) is 29.6 Å². The summed E-state index contributed by atoms with van der Waals surface area (Å²) in [5.74, 6) is -0.602. The molecule has 1 aromatic rings. The number of likely N-dealkylation sites (tertiary alicyclic amines) is 1. The van der Waals surface area contributed by atoms with Gasteiger partial charge in [-0.3, -0.25) is 4.90 Å². The van der Waals surface area contributed by atoms with Crippen molar-refractivity contribution in [3.63, 3.8) is 0 Å². The van der Waals surface area contributed by atoms with Gasteiger partial charge in [-0.2, -0.15) is 0 Å². The number of amides is 1. The van der Waals surface area contributed by atoms with E-state index < -0.39 is 18.1 Å². The highest BCUT2D eigenvalue weighted by Gasteiger charge is 2.35. The van der Waals surface area contributed by atoms with Crippen molar-refractivity contribution < 1.29 is 19.4 Å². The Balaban J connectivity index is 2.08. The normalized spacial score (nSPS) is 18.7. The molecule has 2 rings (SSSR count). The number of aliphatic carboxylic acids is 1. The number of benzene rings is 1. The molecule has 1 aliphatic heterocycles. The number of carboxylic acids is 1. The van der Waals surface area contributed by atoms with E-state index in [2.05, 4.69) is 15.9 Å². The maximum Gasteiger partial charge on any atom is 0.416 e. The summed E-state index contributed by atoms with van der Waals surface area (Å²) in [6.45, 7) is 0.417. The van der Waals surface area contributed by atoms with Gasteiger partial charge in [-0.15, -0.1) is 0 Å². The number of hydrogen-bond donors (Lipinski definition) is 1. The zero-order chi connectivity index (χ0) is 13.1. The molecule has 96 valence electrons. The van der Waals surface area contributed by atoms with Crippen molar-refractivity contribution in [2.24, 2.45) is 0 Å². The SMILES string of the molecule is O=C(O)C1CCCN1C(=O)Oc1ccccc1Br. The number of ether oxygens (including phenoxy) is 1. The summed E-state index contributed by atoms with van der Waals surface area (Å²) in [5.41, 5.74) is 0. The molecule has 1 amide bonds. The van der Waals surface area contributed by atoms with Crippen LogP contribution in [0.3, 0.4) is 0 Å². The fraction of sp³-hybridized carbons (Fsp3) is 0.333. The van der Waals surface area contributed by atoms with Crippen LogP contribution in [0.5, 0.6) is 5.75 Å². The van der Waals surface area contributed by atoms with Crippen LogP contribution in [0, 0.1) is 0 Å². The van der Waals surface area contributed by atoms with Gasteiger partial charge in [0.2, 0.25) is 0 Å². The highest BCUT2D eigenvalue weighted by atomic mass is 79.9. The van der Waals surface area contributed by atoms with Crippen LogP contribution in [0.25, 0.3) is 0 Å². The number of nitrogens with zero attached hydrogens (tertiary/aromatic N) is 1. The lowest BCUT2D eigenvalue weighted by molar-refractivity contribution is -0.141. The molecular formula is C12H12BrNO4. The molecule has 1 saturated heterocycles. The number of carbonyl (C=O) groups excluding carboxylic acids is 1. The van der Waals surface area contributed by atoms with Gasteiger partial charge in [-0.25, -0.2) is 9.59 Å². The molecule has 5 nitrogen and oxygen atoms in total. The minimum absolute atomic E-state index is 0.388. The van der Waals surface area contributed by atoms with Gasteiger partial charge in [0, 0.05) is 6.54 Å². The number of carbonyl (C=O) groups is 2. The second-order valence-electron chi connectivity index (χ2n) is 3.99. The Morgan fingerprint density at radius 1 is 1.39 bits per heavy atom. The summed E-state index contributed by atoms with van der Waals surface area (Å²) < 4.78 is 5.84. The summed E-state index contributed by atoms with van der Waals surface area (Å²) in [6.07, 6.45) is 0.536. The van der Waals surface area contributed by atoms with Gasteiger partial charge in [-0.05, 0) is 40.9 Å². The highest BCUT2D eigenvalue weighted by molar-refractivity contribution is 9.10. The first kappa shape index (κ1) is 12.9. The van der Waals surface area contributed by atoms with Crippen molar-refractivity contribution in [1.82, 2.24) is 4.90 Å². The van der Waals surface area contributed by atoms with Crippen molar-refractivity contribution >= 4 is 28.0 Å². The molecule has 0 spiro atoms. The van der Waals surface area contributed by atoms with E-state index in [1.54, 1.807) is 24.3 Å². The fourth-order valence-corrected chi connectivity index (χ4v) is 2.29. The van der Waals surface area contributed by atoms with Crippen molar-refractivity contribution in [1.29, 1.82) is 0 Å².